The predicted molar refractivity (Wildman–Crippen MR) is 82.2 cm³/mol. The smallest absolute Gasteiger partial charge is 0.123 e. The summed E-state index contributed by atoms with van der Waals surface area (Å²) in [4.78, 5) is 0. The first-order valence-corrected chi connectivity index (χ1v) is 7.20. The van der Waals surface area contributed by atoms with E-state index in [9.17, 15) is 4.39 Å². The monoisotopic (exact) mass is 299 g/mol. The maximum atomic E-state index is 12.9. The van der Waals surface area contributed by atoms with Gasteiger partial charge in [-0.3, -0.25) is 4.68 Å². The van der Waals surface area contributed by atoms with Crippen molar-refractivity contribution in [2.24, 2.45) is 0 Å². The van der Waals surface area contributed by atoms with E-state index in [-0.39, 0.29) is 5.82 Å². The molecule has 3 aromatic rings. The third-order valence-electron chi connectivity index (χ3n) is 3.34. The standard InChI is InChI=1S/C16H18FN5/c1-13-8-19-21(11-13)7-6-18-9-14-10-20-22(12-14)16-4-2-15(17)3-5-16/h2-5,8,10-12,18H,6-7,9H2,1H3. The van der Waals surface area contributed by atoms with Gasteiger partial charge in [0.05, 0.1) is 24.6 Å². The molecule has 3 rings (SSSR count). The first kappa shape index (κ1) is 14.5. The van der Waals surface area contributed by atoms with Crippen molar-refractivity contribution >= 4 is 0 Å². The Morgan fingerprint density at radius 1 is 1.09 bits per heavy atom. The van der Waals surface area contributed by atoms with Crippen LogP contribution < -0.4 is 5.32 Å². The number of nitrogens with zero attached hydrogens (tertiary/aromatic N) is 4. The average molecular weight is 299 g/mol. The van der Waals surface area contributed by atoms with E-state index in [0.29, 0.717) is 0 Å². The Morgan fingerprint density at radius 3 is 2.64 bits per heavy atom. The van der Waals surface area contributed by atoms with Crippen molar-refractivity contribution < 1.29 is 4.39 Å². The van der Waals surface area contributed by atoms with Crippen molar-refractivity contribution in [1.82, 2.24) is 24.9 Å². The minimum atomic E-state index is -0.244. The highest BCUT2D eigenvalue weighted by atomic mass is 19.1. The molecule has 0 saturated heterocycles. The molecule has 0 fully saturated rings. The molecule has 0 aliphatic rings. The summed E-state index contributed by atoms with van der Waals surface area (Å²) in [6.45, 7) is 4.44. The zero-order valence-corrected chi connectivity index (χ0v) is 12.4. The highest BCUT2D eigenvalue weighted by molar-refractivity contribution is 5.31. The molecule has 2 aromatic heterocycles. The van der Waals surface area contributed by atoms with Crippen LogP contribution in [0.15, 0.2) is 49.1 Å². The second kappa shape index (κ2) is 6.53. The Hall–Kier alpha value is -2.47. The molecule has 0 unspecified atom stereocenters. The SMILES string of the molecule is Cc1cnn(CCNCc2cnn(-c3ccc(F)cc3)c2)c1. The van der Waals surface area contributed by atoms with Crippen molar-refractivity contribution in [3.05, 3.63) is 66.0 Å². The minimum absolute atomic E-state index is 0.244. The highest BCUT2D eigenvalue weighted by Crippen LogP contribution is 2.09. The van der Waals surface area contributed by atoms with Gasteiger partial charge in [-0.05, 0) is 36.8 Å². The van der Waals surface area contributed by atoms with E-state index in [4.69, 9.17) is 0 Å². The van der Waals surface area contributed by atoms with Gasteiger partial charge in [-0.15, -0.1) is 0 Å². The third kappa shape index (κ3) is 3.59. The molecule has 1 N–H and O–H groups in total. The number of aromatic nitrogens is 4. The first-order chi connectivity index (χ1) is 10.7. The van der Waals surface area contributed by atoms with Gasteiger partial charge < -0.3 is 5.32 Å². The molecular weight excluding hydrogens is 281 g/mol. The molecule has 6 heteroatoms. The average Bonchev–Trinajstić information content (AvgIpc) is 3.14. The number of aryl methyl sites for hydroxylation is 1. The molecule has 1 aromatic carbocycles. The Bertz CT molecular complexity index is 729. The summed E-state index contributed by atoms with van der Waals surface area (Å²) < 4.78 is 16.6. The van der Waals surface area contributed by atoms with Crippen LogP contribution in [-0.2, 0) is 13.1 Å². The number of hydrogen-bond donors (Lipinski definition) is 1. The van der Waals surface area contributed by atoms with Gasteiger partial charge in [0.1, 0.15) is 5.82 Å². The van der Waals surface area contributed by atoms with E-state index in [2.05, 4.69) is 15.5 Å². The van der Waals surface area contributed by atoms with Crippen LogP contribution >= 0.6 is 0 Å². The Kier molecular flexibility index (Phi) is 4.29. The summed E-state index contributed by atoms with van der Waals surface area (Å²) in [6.07, 6.45) is 7.63. The zero-order chi connectivity index (χ0) is 15.4. The number of nitrogens with one attached hydrogen (secondary N) is 1. The summed E-state index contributed by atoms with van der Waals surface area (Å²) in [6, 6.07) is 6.28. The Balaban J connectivity index is 1.50. The van der Waals surface area contributed by atoms with Gasteiger partial charge in [-0.2, -0.15) is 10.2 Å². The molecule has 0 aliphatic carbocycles. The van der Waals surface area contributed by atoms with E-state index >= 15 is 0 Å². The predicted octanol–water partition coefficient (Wildman–Crippen LogP) is 2.31. The molecule has 5 nitrogen and oxygen atoms in total. The lowest BCUT2D eigenvalue weighted by atomic mass is 10.3. The molecule has 0 bridgehead atoms. The maximum Gasteiger partial charge on any atom is 0.123 e. The lowest BCUT2D eigenvalue weighted by molar-refractivity contribution is 0.554. The Labute approximate surface area is 128 Å². The maximum absolute atomic E-state index is 12.9. The second-order valence-electron chi connectivity index (χ2n) is 5.23. The van der Waals surface area contributed by atoms with Crippen molar-refractivity contribution in [2.75, 3.05) is 6.54 Å². The molecule has 0 amide bonds. The van der Waals surface area contributed by atoms with Gasteiger partial charge in [0.15, 0.2) is 0 Å². The fourth-order valence-corrected chi connectivity index (χ4v) is 2.20. The van der Waals surface area contributed by atoms with Crippen LogP contribution in [0.1, 0.15) is 11.1 Å². The second-order valence-corrected chi connectivity index (χ2v) is 5.23. The van der Waals surface area contributed by atoms with Crippen LogP contribution in [0.4, 0.5) is 4.39 Å². The van der Waals surface area contributed by atoms with Crippen molar-refractivity contribution in [1.29, 1.82) is 0 Å². The summed E-state index contributed by atoms with van der Waals surface area (Å²) in [5.41, 5.74) is 3.10. The van der Waals surface area contributed by atoms with Gasteiger partial charge in [0.25, 0.3) is 0 Å². The van der Waals surface area contributed by atoms with E-state index in [1.165, 1.54) is 17.7 Å². The number of halogens is 1. The first-order valence-electron chi connectivity index (χ1n) is 7.20. The summed E-state index contributed by atoms with van der Waals surface area (Å²) in [5, 5.41) is 11.9. The number of rotatable bonds is 6. The molecule has 0 aliphatic heterocycles. The summed E-state index contributed by atoms with van der Waals surface area (Å²) >= 11 is 0. The normalized spacial score (nSPS) is 11.0. The van der Waals surface area contributed by atoms with Gasteiger partial charge >= 0.3 is 0 Å². The molecule has 2 heterocycles. The molecule has 0 saturated carbocycles. The molecule has 114 valence electrons. The van der Waals surface area contributed by atoms with E-state index in [1.54, 1.807) is 16.8 Å². The zero-order valence-electron chi connectivity index (χ0n) is 12.4. The molecule has 0 radical (unpaired) electrons. The van der Waals surface area contributed by atoms with E-state index in [1.807, 2.05) is 36.4 Å². The minimum Gasteiger partial charge on any atom is -0.311 e. The van der Waals surface area contributed by atoms with Crippen LogP contribution in [0.25, 0.3) is 5.69 Å². The third-order valence-corrected chi connectivity index (χ3v) is 3.34. The fraction of sp³-hybridized carbons (Fsp3) is 0.250. The van der Waals surface area contributed by atoms with Crippen LogP contribution in [0.2, 0.25) is 0 Å². The quantitative estimate of drug-likeness (QED) is 0.711. The van der Waals surface area contributed by atoms with Gasteiger partial charge in [-0.25, -0.2) is 9.07 Å². The number of hydrogen-bond acceptors (Lipinski definition) is 3. The van der Waals surface area contributed by atoms with Crippen molar-refractivity contribution in [2.45, 2.75) is 20.0 Å². The highest BCUT2D eigenvalue weighted by Gasteiger charge is 2.01. The topological polar surface area (TPSA) is 47.7 Å². The largest absolute Gasteiger partial charge is 0.311 e. The van der Waals surface area contributed by atoms with Gasteiger partial charge in [-0.1, -0.05) is 0 Å². The van der Waals surface area contributed by atoms with E-state index < -0.39 is 0 Å². The molecular formula is C16H18FN5. The molecule has 0 atom stereocenters. The number of benzene rings is 1. The van der Waals surface area contributed by atoms with Crippen molar-refractivity contribution in [3.63, 3.8) is 0 Å². The lowest BCUT2D eigenvalue weighted by Gasteiger charge is -2.03. The van der Waals surface area contributed by atoms with Crippen molar-refractivity contribution in [3.8, 4) is 5.69 Å². The summed E-state index contributed by atoms with van der Waals surface area (Å²) in [5.74, 6) is -0.244. The van der Waals surface area contributed by atoms with Gasteiger partial charge in [0, 0.05) is 31.0 Å². The lowest BCUT2D eigenvalue weighted by Crippen LogP contribution is -2.19. The molecule has 22 heavy (non-hydrogen) atoms. The van der Waals surface area contributed by atoms with Crippen LogP contribution in [0.5, 0.6) is 0 Å². The molecule has 0 spiro atoms. The Morgan fingerprint density at radius 2 is 1.91 bits per heavy atom. The van der Waals surface area contributed by atoms with E-state index in [0.717, 1.165) is 30.9 Å². The van der Waals surface area contributed by atoms with Crippen LogP contribution in [0.3, 0.4) is 0 Å². The summed E-state index contributed by atoms with van der Waals surface area (Å²) in [7, 11) is 0. The van der Waals surface area contributed by atoms with Gasteiger partial charge in [0.2, 0.25) is 0 Å². The van der Waals surface area contributed by atoms with Crippen LogP contribution in [-0.4, -0.2) is 26.1 Å². The fourth-order valence-electron chi connectivity index (χ4n) is 2.20. The van der Waals surface area contributed by atoms with Crippen LogP contribution in [0, 0.1) is 12.7 Å².